The van der Waals surface area contributed by atoms with E-state index in [1.165, 1.54) is 0 Å². The summed E-state index contributed by atoms with van der Waals surface area (Å²) in [7, 11) is 0. The smallest absolute Gasteiger partial charge is 0.311 e. The standard InChI is InChI=1S/C15H26O6/c1-14(2,3)12(17)19-8-10-9(7-11(16)20-10)21-13(18)15(4,5)6/h9-11,16H,7-8H2,1-6H3/t9-,10+,11-/m0/s1. The van der Waals surface area contributed by atoms with E-state index in [1.807, 2.05) is 0 Å². The molecule has 1 aliphatic rings. The number of carbonyl (C=O) groups is 2. The molecule has 0 aromatic carbocycles. The summed E-state index contributed by atoms with van der Waals surface area (Å²) in [6.45, 7) is 10.4. The van der Waals surface area contributed by atoms with Gasteiger partial charge in [-0.25, -0.2) is 0 Å². The third kappa shape index (κ3) is 5.28. The van der Waals surface area contributed by atoms with Crippen LogP contribution < -0.4 is 0 Å². The fourth-order valence-electron chi connectivity index (χ4n) is 1.65. The SMILES string of the molecule is CC(C)(C)C(=O)OC[C@H]1O[C@H](O)C[C@@H]1OC(=O)C(C)(C)C. The van der Waals surface area contributed by atoms with Gasteiger partial charge in [0.2, 0.25) is 0 Å². The highest BCUT2D eigenvalue weighted by molar-refractivity contribution is 5.76. The molecule has 1 N–H and O–H groups in total. The third-order valence-electron chi connectivity index (χ3n) is 3.04. The van der Waals surface area contributed by atoms with Crippen LogP contribution >= 0.6 is 0 Å². The molecule has 0 amide bonds. The number of aliphatic hydroxyl groups is 1. The van der Waals surface area contributed by atoms with Crippen LogP contribution in [-0.4, -0.2) is 42.1 Å². The van der Waals surface area contributed by atoms with Crippen LogP contribution in [0.1, 0.15) is 48.0 Å². The maximum absolute atomic E-state index is 11.9. The fourth-order valence-corrected chi connectivity index (χ4v) is 1.65. The largest absolute Gasteiger partial charge is 0.462 e. The predicted molar refractivity (Wildman–Crippen MR) is 75.2 cm³/mol. The molecule has 21 heavy (non-hydrogen) atoms. The average molecular weight is 302 g/mol. The molecule has 0 bridgehead atoms. The molecule has 0 aliphatic carbocycles. The summed E-state index contributed by atoms with van der Waals surface area (Å²) in [6.07, 6.45) is -2.09. The summed E-state index contributed by atoms with van der Waals surface area (Å²) in [5.74, 6) is -0.745. The van der Waals surface area contributed by atoms with E-state index < -0.39 is 29.3 Å². The Kier molecular flexibility index (Phi) is 5.39. The van der Waals surface area contributed by atoms with Crippen LogP contribution in [0.15, 0.2) is 0 Å². The topological polar surface area (TPSA) is 82.1 Å². The molecular formula is C15H26O6. The van der Waals surface area contributed by atoms with Gasteiger partial charge in [-0.15, -0.1) is 0 Å². The second-order valence-electron chi connectivity index (χ2n) is 7.41. The first-order valence-electron chi connectivity index (χ1n) is 7.13. The Morgan fingerprint density at radius 1 is 1.10 bits per heavy atom. The van der Waals surface area contributed by atoms with Gasteiger partial charge in [0, 0.05) is 6.42 Å². The normalized spacial score (nSPS) is 26.5. The average Bonchev–Trinajstić information content (AvgIpc) is 2.63. The summed E-state index contributed by atoms with van der Waals surface area (Å²) >= 11 is 0. The number of carbonyl (C=O) groups excluding carboxylic acids is 2. The van der Waals surface area contributed by atoms with Gasteiger partial charge < -0.3 is 19.3 Å². The molecule has 1 rings (SSSR count). The quantitative estimate of drug-likeness (QED) is 0.798. The van der Waals surface area contributed by atoms with Gasteiger partial charge in [0.05, 0.1) is 10.8 Å². The molecular weight excluding hydrogens is 276 g/mol. The van der Waals surface area contributed by atoms with Gasteiger partial charge in [0.25, 0.3) is 0 Å². The van der Waals surface area contributed by atoms with E-state index in [0.29, 0.717) is 0 Å². The lowest BCUT2D eigenvalue weighted by Crippen LogP contribution is -2.36. The minimum Gasteiger partial charge on any atom is -0.462 e. The van der Waals surface area contributed by atoms with Gasteiger partial charge in [-0.3, -0.25) is 9.59 Å². The lowest BCUT2D eigenvalue weighted by molar-refractivity contribution is -0.170. The molecule has 0 aromatic rings. The maximum atomic E-state index is 11.9. The zero-order chi connectivity index (χ0) is 16.4. The summed E-state index contributed by atoms with van der Waals surface area (Å²) in [6, 6.07) is 0. The molecule has 0 spiro atoms. The first kappa shape index (κ1) is 17.9. The van der Waals surface area contributed by atoms with E-state index in [-0.39, 0.29) is 25.0 Å². The molecule has 1 fully saturated rings. The Labute approximate surface area is 125 Å². The van der Waals surface area contributed by atoms with E-state index in [9.17, 15) is 14.7 Å². The second-order valence-corrected chi connectivity index (χ2v) is 7.41. The van der Waals surface area contributed by atoms with Gasteiger partial charge >= 0.3 is 11.9 Å². The zero-order valence-electron chi connectivity index (χ0n) is 13.6. The molecule has 0 radical (unpaired) electrons. The minimum atomic E-state index is -1.01. The first-order valence-corrected chi connectivity index (χ1v) is 7.13. The Bertz CT molecular complexity index is 390. The number of hydrogen-bond acceptors (Lipinski definition) is 6. The van der Waals surface area contributed by atoms with E-state index in [4.69, 9.17) is 14.2 Å². The summed E-state index contributed by atoms with van der Waals surface area (Å²) in [4.78, 5) is 23.6. The molecule has 1 saturated heterocycles. The van der Waals surface area contributed by atoms with Gasteiger partial charge in [0.15, 0.2) is 6.29 Å². The van der Waals surface area contributed by atoms with Crippen LogP contribution in [0.25, 0.3) is 0 Å². The lowest BCUT2D eigenvalue weighted by Gasteiger charge is -2.24. The van der Waals surface area contributed by atoms with E-state index in [1.54, 1.807) is 41.5 Å². The van der Waals surface area contributed by atoms with Crippen molar-refractivity contribution in [3.05, 3.63) is 0 Å². The van der Waals surface area contributed by atoms with E-state index in [2.05, 4.69) is 0 Å². The highest BCUT2D eigenvalue weighted by atomic mass is 16.7. The number of aliphatic hydroxyl groups excluding tert-OH is 1. The molecule has 6 nitrogen and oxygen atoms in total. The van der Waals surface area contributed by atoms with E-state index >= 15 is 0 Å². The van der Waals surface area contributed by atoms with Crippen molar-refractivity contribution in [3.63, 3.8) is 0 Å². The van der Waals surface area contributed by atoms with Crippen LogP contribution in [0, 0.1) is 10.8 Å². The van der Waals surface area contributed by atoms with Gasteiger partial charge in [0.1, 0.15) is 18.8 Å². The zero-order valence-corrected chi connectivity index (χ0v) is 13.6. The predicted octanol–water partition coefficient (Wildman–Crippen LogP) is 1.64. The van der Waals surface area contributed by atoms with Gasteiger partial charge in [-0.05, 0) is 41.5 Å². The highest BCUT2D eigenvalue weighted by Gasteiger charge is 2.40. The number of rotatable bonds is 3. The van der Waals surface area contributed by atoms with Crippen molar-refractivity contribution in [3.8, 4) is 0 Å². The minimum absolute atomic E-state index is 0.0464. The molecule has 0 aromatic heterocycles. The Morgan fingerprint density at radius 2 is 1.62 bits per heavy atom. The Morgan fingerprint density at radius 3 is 2.10 bits per heavy atom. The number of ether oxygens (including phenoxy) is 3. The van der Waals surface area contributed by atoms with Crippen molar-refractivity contribution in [2.45, 2.75) is 66.5 Å². The maximum Gasteiger partial charge on any atom is 0.311 e. The van der Waals surface area contributed by atoms with E-state index in [0.717, 1.165) is 0 Å². The van der Waals surface area contributed by atoms with Gasteiger partial charge in [-0.1, -0.05) is 0 Å². The van der Waals surface area contributed by atoms with Crippen LogP contribution in [0.5, 0.6) is 0 Å². The Balaban J connectivity index is 2.59. The van der Waals surface area contributed by atoms with Crippen LogP contribution in [0.3, 0.4) is 0 Å². The van der Waals surface area contributed by atoms with Crippen molar-refractivity contribution in [2.24, 2.45) is 10.8 Å². The third-order valence-corrected chi connectivity index (χ3v) is 3.04. The molecule has 6 heteroatoms. The van der Waals surface area contributed by atoms with Crippen molar-refractivity contribution < 1.29 is 28.9 Å². The van der Waals surface area contributed by atoms with Crippen LogP contribution in [0.4, 0.5) is 0 Å². The monoisotopic (exact) mass is 302 g/mol. The molecule has 0 unspecified atom stereocenters. The molecule has 0 saturated carbocycles. The second kappa shape index (κ2) is 6.32. The van der Waals surface area contributed by atoms with Crippen molar-refractivity contribution in [1.82, 2.24) is 0 Å². The van der Waals surface area contributed by atoms with Crippen molar-refractivity contribution in [2.75, 3.05) is 6.61 Å². The van der Waals surface area contributed by atoms with Gasteiger partial charge in [-0.2, -0.15) is 0 Å². The number of esters is 2. The summed E-state index contributed by atoms with van der Waals surface area (Å²) in [5, 5.41) is 9.56. The van der Waals surface area contributed by atoms with Crippen molar-refractivity contribution in [1.29, 1.82) is 0 Å². The first-order chi connectivity index (χ1) is 9.41. The van der Waals surface area contributed by atoms with Crippen LogP contribution in [-0.2, 0) is 23.8 Å². The fraction of sp³-hybridized carbons (Fsp3) is 0.867. The molecule has 3 atom stereocenters. The Hall–Kier alpha value is -1.14. The lowest BCUT2D eigenvalue weighted by atomic mass is 9.97. The molecule has 122 valence electrons. The summed E-state index contributed by atoms with van der Waals surface area (Å²) in [5.41, 5.74) is -1.25. The number of hydrogen-bond donors (Lipinski definition) is 1. The van der Waals surface area contributed by atoms with Crippen LogP contribution in [0.2, 0.25) is 0 Å². The molecule has 1 aliphatic heterocycles. The van der Waals surface area contributed by atoms with Crippen molar-refractivity contribution >= 4 is 11.9 Å². The summed E-state index contributed by atoms with van der Waals surface area (Å²) < 4.78 is 15.8. The molecule has 1 heterocycles. The highest BCUT2D eigenvalue weighted by Crippen LogP contribution is 2.26.